The molecule has 0 saturated carbocycles. The predicted octanol–water partition coefficient (Wildman–Crippen LogP) is 14.5. The summed E-state index contributed by atoms with van der Waals surface area (Å²) < 4.78 is 0. The fourth-order valence-electron chi connectivity index (χ4n) is 8.77. The number of para-hydroxylation sites is 2. The number of nitriles is 2. The molecule has 0 fully saturated rings. The molecule has 0 heterocycles. The Morgan fingerprint density at radius 1 is 0.404 bits per heavy atom. The lowest BCUT2D eigenvalue weighted by Crippen LogP contribution is -2.15. The van der Waals surface area contributed by atoms with E-state index in [-0.39, 0.29) is 0 Å². The first-order valence-electron chi connectivity index (χ1n) is 19.3. The molecule has 9 aromatic carbocycles. The summed E-state index contributed by atoms with van der Waals surface area (Å²) in [5, 5.41) is 28.0. The molecule has 0 N–H and O–H groups in total. The predicted molar refractivity (Wildman–Crippen MR) is 238 cm³/mol. The van der Waals surface area contributed by atoms with Crippen LogP contribution in [0.4, 0.5) is 34.1 Å². The molecule has 0 atom stereocenters. The molecule has 0 spiro atoms. The standard InChI is InChI=1S/C53H40N4/c1-33-19-25-47(36(4)27-33)56(46-17-11-9-13-35(46)3)52-41(31-54)29-39-22-24-45-51-40(21-23-44(52)50(39)51)30-42(32-55)53(45)57(48-26-20-34(2)28-37(48)5)49-18-12-10-16-43(49)38-14-7-6-8-15-38/h6-30H,1-5H3. The topological polar surface area (TPSA) is 54.1 Å². The van der Waals surface area contributed by atoms with Crippen LogP contribution in [-0.2, 0) is 0 Å². The van der Waals surface area contributed by atoms with Crippen molar-refractivity contribution >= 4 is 66.4 Å². The summed E-state index contributed by atoms with van der Waals surface area (Å²) in [6, 6.07) is 58.1. The van der Waals surface area contributed by atoms with Gasteiger partial charge in [0.15, 0.2) is 0 Å². The minimum atomic E-state index is 0.582. The molecular weight excluding hydrogens is 693 g/mol. The number of hydrogen-bond acceptors (Lipinski definition) is 4. The van der Waals surface area contributed by atoms with Crippen LogP contribution >= 0.6 is 0 Å². The number of anilines is 6. The largest absolute Gasteiger partial charge is 0.308 e. The average Bonchev–Trinajstić information content (AvgIpc) is 3.23. The molecule has 0 bridgehead atoms. The van der Waals surface area contributed by atoms with Gasteiger partial charge in [-0.2, -0.15) is 10.5 Å². The van der Waals surface area contributed by atoms with E-state index in [1.54, 1.807) is 0 Å². The molecule has 4 nitrogen and oxygen atoms in total. The first-order chi connectivity index (χ1) is 27.8. The van der Waals surface area contributed by atoms with Crippen LogP contribution in [0.3, 0.4) is 0 Å². The second-order valence-electron chi connectivity index (χ2n) is 15.1. The molecule has 57 heavy (non-hydrogen) atoms. The highest BCUT2D eigenvalue weighted by Gasteiger charge is 2.28. The molecule has 9 rings (SSSR count). The summed E-state index contributed by atoms with van der Waals surface area (Å²) in [5.41, 5.74) is 14.7. The van der Waals surface area contributed by atoms with Crippen LogP contribution in [0.5, 0.6) is 0 Å². The molecule has 0 radical (unpaired) electrons. The summed E-state index contributed by atoms with van der Waals surface area (Å²) in [7, 11) is 0. The molecule has 0 saturated heterocycles. The SMILES string of the molecule is Cc1ccc(N(c2ccccc2C)c2c(C#N)cc3ccc4c(N(c5ccc(C)cc5C)c5ccccc5-c5ccccc5)c(C#N)cc5ccc2c3c54)c(C)c1. The number of hydrogen-bond donors (Lipinski definition) is 0. The monoisotopic (exact) mass is 732 g/mol. The summed E-state index contributed by atoms with van der Waals surface area (Å²) in [5.74, 6) is 0. The fraction of sp³-hybridized carbons (Fsp3) is 0.0943. The summed E-state index contributed by atoms with van der Waals surface area (Å²) in [4.78, 5) is 4.56. The lowest BCUT2D eigenvalue weighted by Gasteiger charge is -2.32. The van der Waals surface area contributed by atoms with Crippen molar-refractivity contribution in [3.63, 3.8) is 0 Å². The van der Waals surface area contributed by atoms with Crippen molar-refractivity contribution in [2.75, 3.05) is 9.80 Å². The van der Waals surface area contributed by atoms with Crippen LogP contribution in [0.25, 0.3) is 43.4 Å². The van der Waals surface area contributed by atoms with Crippen LogP contribution in [0, 0.1) is 57.3 Å². The zero-order valence-electron chi connectivity index (χ0n) is 32.7. The Hall–Kier alpha value is -7.40. The van der Waals surface area contributed by atoms with Gasteiger partial charge in [-0.25, -0.2) is 0 Å². The van der Waals surface area contributed by atoms with Crippen LogP contribution in [0.2, 0.25) is 0 Å². The maximum Gasteiger partial charge on any atom is 0.101 e. The van der Waals surface area contributed by atoms with Crippen LogP contribution in [-0.4, -0.2) is 0 Å². The highest BCUT2D eigenvalue weighted by Crippen LogP contribution is 2.51. The van der Waals surface area contributed by atoms with Gasteiger partial charge in [0.2, 0.25) is 0 Å². The van der Waals surface area contributed by atoms with E-state index >= 15 is 0 Å². The van der Waals surface area contributed by atoms with Crippen molar-refractivity contribution in [3.8, 4) is 23.3 Å². The lowest BCUT2D eigenvalue weighted by molar-refractivity contribution is 1.22. The van der Waals surface area contributed by atoms with Crippen LogP contribution in [0.15, 0.2) is 152 Å². The third-order valence-electron chi connectivity index (χ3n) is 11.3. The molecule has 0 aromatic heterocycles. The molecule has 0 aliphatic carbocycles. The Kier molecular flexibility index (Phi) is 8.69. The molecule has 0 unspecified atom stereocenters. The Bertz CT molecular complexity index is 3110. The Labute approximate surface area is 334 Å². The molecule has 0 amide bonds. The minimum absolute atomic E-state index is 0.582. The fourth-order valence-corrected chi connectivity index (χ4v) is 8.77. The van der Waals surface area contributed by atoms with Gasteiger partial charge in [-0.05, 0) is 115 Å². The van der Waals surface area contributed by atoms with Crippen molar-refractivity contribution in [3.05, 3.63) is 191 Å². The zero-order chi connectivity index (χ0) is 39.4. The third kappa shape index (κ3) is 5.83. The number of aryl methyl sites for hydroxylation is 5. The van der Waals surface area contributed by atoms with E-state index < -0.39 is 0 Å². The van der Waals surface area contributed by atoms with Gasteiger partial charge in [-0.3, -0.25) is 0 Å². The van der Waals surface area contributed by atoms with Crippen LogP contribution in [0.1, 0.15) is 38.9 Å². The Morgan fingerprint density at radius 2 is 0.860 bits per heavy atom. The Balaban J connectivity index is 1.42. The van der Waals surface area contributed by atoms with Crippen molar-refractivity contribution < 1.29 is 0 Å². The molecule has 272 valence electrons. The van der Waals surface area contributed by atoms with Gasteiger partial charge in [0.25, 0.3) is 0 Å². The number of rotatable bonds is 7. The van der Waals surface area contributed by atoms with E-state index in [2.05, 4.69) is 190 Å². The van der Waals surface area contributed by atoms with E-state index in [1.165, 1.54) is 11.1 Å². The summed E-state index contributed by atoms with van der Waals surface area (Å²) >= 11 is 0. The first-order valence-corrected chi connectivity index (χ1v) is 19.3. The van der Waals surface area contributed by atoms with Crippen LogP contribution < -0.4 is 9.80 Å². The van der Waals surface area contributed by atoms with Gasteiger partial charge in [-0.15, -0.1) is 0 Å². The van der Waals surface area contributed by atoms with E-state index in [0.717, 1.165) is 94.3 Å². The van der Waals surface area contributed by atoms with Crippen molar-refractivity contribution in [2.24, 2.45) is 0 Å². The van der Waals surface area contributed by atoms with Crippen molar-refractivity contribution in [1.82, 2.24) is 0 Å². The smallest absolute Gasteiger partial charge is 0.101 e. The molecule has 4 heteroatoms. The normalized spacial score (nSPS) is 11.2. The molecular formula is C53H40N4. The summed E-state index contributed by atoms with van der Waals surface area (Å²) in [6.45, 7) is 10.6. The minimum Gasteiger partial charge on any atom is -0.308 e. The van der Waals surface area contributed by atoms with E-state index in [1.807, 2.05) is 18.2 Å². The van der Waals surface area contributed by atoms with Crippen molar-refractivity contribution in [2.45, 2.75) is 34.6 Å². The summed E-state index contributed by atoms with van der Waals surface area (Å²) in [6.07, 6.45) is 0. The van der Waals surface area contributed by atoms with Gasteiger partial charge in [0, 0.05) is 33.4 Å². The lowest BCUT2D eigenvalue weighted by atomic mass is 9.88. The molecule has 0 aliphatic heterocycles. The van der Waals surface area contributed by atoms with Crippen molar-refractivity contribution in [1.29, 1.82) is 10.5 Å². The number of nitrogens with zero attached hydrogens (tertiary/aromatic N) is 4. The quantitative estimate of drug-likeness (QED) is 0.153. The first kappa shape index (κ1) is 35.3. The maximum absolute atomic E-state index is 11.0. The maximum atomic E-state index is 11.0. The zero-order valence-corrected chi connectivity index (χ0v) is 32.7. The van der Waals surface area contributed by atoms with Gasteiger partial charge in [0.1, 0.15) is 12.1 Å². The van der Waals surface area contributed by atoms with E-state index in [4.69, 9.17) is 0 Å². The highest BCUT2D eigenvalue weighted by molar-refractivity contribution is 6.29. The van der Waals surface area contributed by atoms with Gasteiger partial charge in [0.05, 0.1) is 28.2 Å². The second-order valence-corrected chi connectivity index (χ2v) is 15.1. The van der Waals surface area contributed by atoms with E-state index in [0.29, 0.717) is 11.1 Å². The third-order valence-corrected chi connectivity index (χ3v) is 11.3. The highest BCUT2D eigenvalue weighted by atomic mass is 15.2. The van der Waals surface area contributed by atoms with Gasteiger partial charge >= 0.3 is 0 Å². The van der Waals surface area contributed by atoms with Gasteiger partial charge < -0.3 is 9.80 Å². The molecule has 0 aliphatic rings. The van der Waals surface area contributed by atoms with Gasteiger partial charge in [-0.1, -0.05) is 126 Å². The second kappa shape index (κ2) is 14.0. The average molecular weight is 733 g/mol. The Morgan fingerprint density at radius 3 is 1.37 bits per heavy atom. The number of benzene rings is 9. The molecule has 9 aromatic rings. The van der Waals surface area contributed by atoms with E-state index in [9.17, 15) is 10.5 Å².